The first kappa shape index (κ1) is 10.7. The molecule has 0 aromatic carbocycles. The van der Waals surface area contributed by atoms with Crippen LogP contribution in [0.15, 0.2) is 6.20 Å². The van der Waals surface area contributed by atoms with E-state index in [0.717, 1.165) is 6.42 Å². The van der Waals surface area contributed by atoms with Gasteiger partial charge in [-0.25, -0.2) is 0 Å². The number of hydrogen-bond acceptors (Lipinski definition) is 2. The van der Waals surface area contributed by atoms with Crippen molar-refractivity contribution in [2.75, 3.05) is 0 Å². The van der Waals surface area contributed by atoms with Gasteiger partial charge in [-0.1, -0.05) is 0 Å². The molecule has 0 radical (unpaired) electrons. The fourth-order valence-electron chi connectivity index (χ4n) is 2.34. The Bertz CT molecular complexity index is 499. The van der Waals surface area contributed by atoms with Crippen molar-refractivity contribution >= 4 is 23.7 Å². The average Bonchev–Trinajstić information content (AvgIpc) is 2.71. The Morgan fingerprint density at radius 2 is 2.07 bits per heavy atom. The van der Waals surface area contributed by atoms with Gasteiger partial charge in [-0.05, 0) is 37.8 Å². The van der Waals surface area contributed by atoms with E-state index in [2.05, 4.69) is 24.0 Å². The molecule has 0 saturated heterocycles. The van der Waals surface area contributed by atoms with Crippen LogP contribution < -0.4 is 0 Å². The Morgan fingerprint density at radius 3 is 2.87 bits per heavy atom. The summed E-state index contributed by atoms with van der Waals surface area (Å²) in [5, 5.41) is 7.26. The zero-order chi connectivity index (χ0) is 9.71. The lowest BCUT2D eigenvalue weighted by Gasteiger charge is -2.12. The highest BCUT2D eigenvalue weighted by atomic mass is 35.5. The van der Waals surface area contributed by atoms with Crippen LogP contribution in [0.4, 0.5) is 0 Å². The summed E-state index contributed by atoms with van der Waals surface area (Å²) in [5.74, 6) is 0. The number of halogens is 1. The standard InChI is InChI=1S/C11H12N2S.ClH/c1-6-9-4-3-8-5-12-13-11(8)10(9)7(2)14-6;/h5H,3-4H2,1-2H3,(H,12,13);1H. The predicted octanol–water partition coefficient (Wildman–Crippen LogP) is 3.28. The Morgan fingerprint density at radius 1 is 1.27 bits per heavy atom. The van der Waals surface area contributed by atoms with Crippen molar-refractivity contribution in [2.45, 2.75) is 26.7 Å². The molecule has 1 aliphatic carbocycles. The highest BCUT2D eigenvalue weighted by Gasteiger charge is 2.22. The molecule has 0 bridgehead atoms. The first-order valence-corrected chi connectivity index (χ1v) is 5.70. The van der Waals surface area contributed by atoms with E-state index in [9.17, 15) is 0 Å². The maximum Gasteiger partial charge on any atom is 0.0696 e. The van der Waals surface area contributed by atoms with Gasteiger partial charge in [0, 0.05) is 15.3 Å². The van der Waals surface area contributed by atoms with E-state index in [0.29, 0.717) is 0 Å². The molecular weight excluding hydrogens is 228 g/mol. The minimum Gasteiger partial charge on any atom is -0.278 e. The molecule has 2 heterocycles. The van der Waals surface area contributed by atoms with Gasteiger partial charge in [-0.3, -0.25) is 5.10 Å². The van der Waals surface area contributed by atoms with Crippen molar-refractivity contribution in [2.24, 2.45) is 0 Å². The highest BCUT2D eigenvalue weighted by Crippen LogP contribution is 2.40. The molecule has 0 fully saturated rings. The van der Waals surface area contributed by atoms with Crippen LogP contribution in [0.2, 0.25) is 0 Å². The van der Waals surface area contributed by atoms with Crippen LogP contribution in [0.1, 0.15) is 20.9 Å². The monoisotopic (exact) mass is 240 g/mol. The number of nitrogens with zero attached hydrogens (tertiary/aromatic N) is 1. The average molecular weight is 241 g/mol. The van der Waals surface area contributed by atoms with Gasteiger partial charge in [0.15, 0.2) is 0 Å². The molecule has 2 nitrogen and oxygen atoms in total. The lowest BCUT2D eigenvalue weighted by Crippen LogP contribution is -2.01. The van der Waals surface area contributed by atoms with Crippen LogP contribution in [0, 0.1) is 13.8 Å². The topological polar surface area (TPSA) is 28.7 Å². The van der Waals surface area contributed by atoms with Gasteiger partial charge in [0.05, 0.1) is 11.9 Å². The molecule has 0 unspecified atom stereocenters. The van der Waals surface area contributed by atoms with Crippen LogP contribution in [0.5, 0.6) is 0 Å². The molecule has 15 heavy (non-hydrogen) atoms. The van der Waals surface area contributed by atoms with Crippen molar-refractivity contribution in [1.29, 1.82) is 0 Å². The van der Waals surface area contributed by atoms with Crippen molar-refractivity contribution in [1.82, 2.24) is 10.2 Å². The molecule has 4 heteroatoms. The Hall–Kier alpha value is -0.800. The van der Waals surface area contributed by atoms with Gasteiger partial charge in [0.25, 0.3) is 0 Å². The minimum absolute atomic E-state index is 0. The van der Waals surface area contributed by atoms with Crippen LogP contribution in [0.25, 0.3) is 11.3 Å². The largest absolute Gasteiger partial charge is 0.278 e. The number of aryl methyl sites for hydroxylation is 3. The van der Waals surface area contributed by atoms with E-state index in [1.165, 1.54) is 38.6 Å². The van der Waals surface area contributed by atoms with Crippen molar-refractivity contribution in [3.63, 3.8) is 0 Å². The number of H-pyrrole nitrogens is 1. The summed E-state index contributed by atoms with van der Waals surface area (Å²) in [4.78, 5) is 2.89. The number of thiophene rings is 1. The van der Waals surface area contributed by atoms with Crippen molar-refractivity contribution in [3.05, 3.63) is 27.1 Å². The molecule has 0 spiro atoms. The Labute approximate surface area is 99.1 Å². The number of nitrogens with one attached hydrogen (secondary N) is 1. The fourth-order valence-corrected chi connectivity index (χ4v) is 3.45. The third kappa shape index (κ3) is 1.42. The summed E-state index contributed by atoms with van der Waals surface area (Å²) in [6.07, 6.45) is 4.28. The summed E-state index contributed by atoms with van der Waals surface area (Å²) >= 11 is 1.90. The lowest BCUT2D eigenvalue weighted by molar-refractivity contribution is 0.939. The van der Waals surface area contributed by atoms with Crippen LogP contribution in [-0.2, 0) is 12.8 Å². The maximum absolute atomic E-state index is 4.13. The molecule has 0 saturated carbocycles. The maximum atomic E-state index is 4.13. The SMILES string of the molecule is Cc1sc(C)c2c1CCc1cn[nH]c1-2.Cl. The van der Waals surface area contributed by atoms with Gasteiger partial charge in [-0.15, -0.1) is 23.7 Å². The molecule has 0 atom stereocenters. The van der Waals surface area contributed by atoms with Crippen molar-refractivity contribution < 1.29 is 0 Å². The number of hydrogen-bond donors (Lipinski definition) is 1. The molecule has 2 aromatic rings. The third-order valence-electron chi connectivity index (χ3n) is 3.00. The first-order chi connectivity index (χ1) is 6.77. The second-order valence-corrected chi connectivity index (χ2v) is 5.27. The number of aromatic amines is 1. The number of rotatable bonds is 0. The van der Waals surface area contributed by atoms with E-state index >= 15 is 0 Å². The van der Waals surface area contributed by atoms with Crippen molar-refractivity contribution in [3.8, 4) is 11.3 Å². The van der Waals surface area contributed by atoms with Crippen LogP contribution in [-0.4, -0.2) is 10.2 Å². The normalized spacial score (nSPS) is 12.9. The molecule has 0 amide bonds. The zero-order valence-corrected chi connectivity index (χ0v) is 10.4. The molecular formula is C11H13ClN2S. The Kier molecular flexibility index (Phi) is 2.61. The zero-order valence-electron chi connectivity index (χ0n) is 8.76. The van der Waals surface area contributed by atoms with Gasteiger partial charge in [0.2, 0.25) is 0 Å². The molecule has 2 aromatic heterocycles. The molecule has 80 valence electrons. The summed E-state index contributed by atoms with van der Waals surface area (Å²) in [6.45, 7) is 4.42. The first-order valence-electron chi connectivity index (χ1n) is 4.89. The Balaban J connectivity index is 0.000000853. The van der Waals surface area contributed by atoms with E-state index < -0.39 is 0 Å². The van der Waals surface area contributed by atoms with Gasteiger partial charge in [0.1, 0.15) is 0 Å². The molecule has 1 N–H and O–H groups in total. The quantitative estimate of drug-likeness (QED) is 0.752. The fraction of sp³-hybridized carbons (Fsp3) is 0.364. The molecule has 0 aliphatic heterocycles. The van der Waals surface area contributed by atoms with E-state index in [4.69, 9.17) is 0 Å². The van der Waals surface area contributed by atoms with Gasteiger partial charge in [-0.2, -0.15) is 5.10 Å². The predicted molar refractivity (Wildman–Crippen MR) is 66.0 cm³/mol. The summed E-state index contributed by atoms with van der Waals surface area (Å²) in [6, 6.07) is 0. The van der Waals surface area contributed by atoms with Crippen LogP contribution >= 0.6 is 23.7 Å². The third-order valence-corrected chi connectivity index (χ3v) is 4.06. The molecule has 1 aliphatic rings. The number of fused-ring (bicyclic) bond motifs is 3. The van der Waals surface area contributed by atoms with Gasteiger partial charge < -0.3 is 0 Å². The summed E-state index contributed by atoms with van der Waals surface area (Å²) < 4.78 is 0. The second-order valence-electron chi connectivity index (χ2n) is 3.84. The van der Waals surface area contributed by atoms with E-state index in [1.807, 2.05) is 17.5 Å². The number of aromatic nitrogens is 2. The highest BCUT2D eigenvalue weighted by molar-refractivity contribution is 7.12. The van der Waals surface area contributed by atoms with Gasteiger partial charge >= 0.3 is 0 Å². The molecule has 3 rings (SSSR count). The smallest absolute Gasteiger partial charge is 0.0696 e. The summed E-state index contributed by atoms with van der Waals surface area (Å²) in [7, 11) is 0. The minimum atomic E-state index is 0. The van der Waals surface area contributed by atoms with E-state index in [1.54, 1.807) is 0 Å². The lowest BCUT2D eigenvalue weighted by atomic mass is 9.91. The summed E-state index contributed by atoms with van der Waals surface area (Å²) in [5.41, 5.74) is 5.59. The van der Waals surface area contributed by atoms with E-state index in [-0.39, 0.29) is 12.4 Å². The second kappa shape index (κ2) is 3.65. The van der Waals surface area contributed by atoms with Crippen LogP contribution in [0.3, 0.4) is 0 Å².